The molecule has 0 saturated carbocycles. The van der Waals surface area contributed by atoms with Crippen LogP contribution in [0.2, 0.25) is 0 Å². The highest BCUT2D eigenvalue weighted by molar-refractivity contribution is 8.82. The summed E-state index contributed by atoms with van der Waals surface area (Å²) in [6.45, 7) is 0. The molecule has 0 rings (SSSR count). The fourth-order valence-corrected chi connectivity index (χ4v) is 138. The predicted octanol–water partition coefficient (Wildman–Crippen LogP) is -0.130. The zero-order valence-corrected chi connectivity index (χ0v) is 66.1. The van der Waals surface area contributed by atoms with Gasteiger partial charge in [-0.1, -0.05) is 0 Å². The van der Waals surface area contributed by atoms with Gasteiger partial charge in [-0.25, -0.2) is 0 Å². The summed E-state index contributed by atoms with van der Waals surface area (Å²) in [6.07, 6.45) is 0. The van der Waals surface area contributed by atoms with Crippen molar-refractivity contribution >= 4 is 484 Å². The van der Waals surface area contributed by atoms with Crippen molar-refractivity contribution < 1.29 is 0 Å². The Labute approximate surface area is 469 Å². The molecule has 0 aliphatic heterocycles. The summed E-state index contributed by atoms with van der Waals surface area (Å²) in [5, 5.41) is 0. The normalized spacial score (nSPS) is 7.78. The van der Waals surface area contributed by atoms with Gasteiger partial charge >= 0.3 is 0 Å². The first-order valence-electron chi connectivity index (χ1n) is 8.83. The molecule has 54 heavy (non-hydrogen) atoms. The zero-order valence-electron chi connectivity index (χ0n) is 22.0. The van der Waals surface area contributed by atoms with Crippen molar-refractivity contribution in [3.63, 3.8) is 0 Å². The molecule has 0 N–H and O–H groups in total. The second-order valence-electron chi connectivity index (χ2n) is 3.54. The molecular formula is S54. The first-order valence-corrected chi connectivity index (χ1v) is 79.5. The summed E-state index contributed by atoms with van der Waals surface area (Å²) in [6, 6.07) is 0. The van der Waals surface area contributed by atoms with Gasteiger partial charge in [-0.2, -0.15) is 0 Å². The second kappa shape index (κ2) is 64.9. The molecule has 0 spiro atoms. The maximum absolute atomic E-state index is 4.81. The van der Waals surface area contributed by atoms with Gasteiger partial charge < -0.3 is 0 Å². The van der Waals surface area contributed by atoms with Gasteiger partial charge in [0.15, 0.2) is 0 Å². The van der Waals surface area contributed by atoms with E-state index < -0.39 is 0 Å². The lowest BCUT2D eigenvalue weighted by Crippen LogP contribution is -1.41. The Morgan fingerprint density at radius 3 is 0.204 bits per heavy atom. The molecule has 324 valence electrons. The molecule has 0 aromatic heterocycles. The van der Waals surface area contributed by atoms with Crippen molar-refractivity contribution in [2.75, 3.05) is 0 Å². The van der Waals surface area contributed by atoms with Crippen molar-refractivity contribution in [1.82, 2.24) is 0 Å². The average molecular weight is 1730 g/mol. The van der Waals surface area contributed by atoms with Gasteiger partial charge in [-0.15, -0.1) is 0 Å². The SMILES string of the molecule is S=S=S=S=S=S=S=S=S=S=S=S=S=S=S=S=S=S=S=S=S=S=S=S=S=S=S=S=S=S=S=S=S=S=S=S=S=S=S=S=S=S=S=S=S=S=S=S=S=S=S=S=S=S. The first-order chi connectivity index (χ1) is 26.9. The lowest BCUT2D eigenvalue weighted by Gasteiger charge is -1.41. The van der Waals surface area contributed by atoms with Crippen molar-refractivity contribution in [1.29, 1.82) is 0 Å². The molecule has 0 heterocycles. The Bertz CT molecular complexity index is 3510. The van der Waals surface area contributed by atoms with Crippen molar-refractivity contribution in [3.05, 3.63) is 0 Å². The summed E-state index contributed by atoms with van der Waals surface area (Å²) in [5.41, 5.74) is 0. The molecule has 0 atom stereocenters. The standard InChI is InChI=1S/S54/c1-3-5-7-9-11-13-15-17-19-21-23-25-27-29-31-33-35-37-39-41-43-45-47-49-51-53-54-52-50-48-46-44-42-40-38-36-34-32-30-28-26-24-22-20-18-16-14-12-10-8-6-4-2. The van der Waals surface area contributed by atoms with Gasteiger partial charge in [-0.3, -0.25) is 0 Å². The minimum Gasteiger partial charge on any atom is 0 e. The van der Waals surface area contributed by atoms with E-state index in [2.05, 4.69) is 0 Å². The van der Waals surface area contributed by atoms with E-state index in [0.29, 0.717) is 0 Å². The molecule has 0 radical (unpaired) electrons. The quantitative estimate of drug-likeness (QED) is 0.333. The number of hydrogen-bond donors (Lipinski definition) is 0. The Morgan fingerprint density at radius 2 is 0.148 bits per heavy atom. The van der Waals surface area contributed by atoms with Gasteiger partial charge in [0.2, 0.25) is 0 Å². The smallest absolute Gasteiger partial charge is 0 e. The van der Waals surface area contributed by atoms with Crippen LogP contribution in [-0.4, -0.2) is 0 Å². The first kappa shape index (κ1) is 65.9. The lowest BCUT2D eigenvalue weighted by atomic mass is 30.7. The molecule has 0 aromatic rings. The third-order valence-corrected chi connectivity index (χ3v) is 115. The van der Waals surface area contributed by atoms with Crippen molar-refractivity contribution in [2.45, 2.75) is 0 Å². The Morgan fingerprint density at radius 1 is 0.0926 bits per heavy atom. The van der Waals surface area contributed by atoms with Gasteiger partial charge in [0, 0.05) is 484 Å². The Balaban J connectivity index is 6.09. The number of hydrogen-bond acceptors (Lipinski definition) is 2. The molecule has 0 saturated heterocycles. The highest BCUT2D eigenvalue weighted by Crippen LogP contribution is 1.46. The third kappa shape index (κ3) is 63.9. The Kier molecular flexibility index (Phi) is 79.2. The molecule has 0 bridgehead atoms. The van der Waals surface area contributed by atoms with Crippen LogP contribution in [-0.2, 0) is 484 Å². The Hall–Kier alpha value is 11.9. The van der Waals surface area contributed by atoms with Gasteiger partial charge in [0.05, 0.1) is 0 Å². The van der Waals surface area contributed by atoms with Gasteiger partial charge in [0.1, 0.15) is 0 Å². The monoisotopic (exact) mass is 1730 g/mol. The lowest BCUT2D eigenvalue weighted by molar-refractivity contribution is 5.95. The van der Waals surface area contributed by atoms with Crippen LogP contribution in [0.3, 0.4) is 0 Å². The second-order valence-corrected chi connectivity index (χ2v) is 95.5. The summed E-state index contributed by atoms with van der Waals surface area (Å²) in [5.74, 6) is 0. The molecule has 0 fully saturated rings. The highest BCUT2D eigenvalue weighted by Gasteiger charge is 1.46. The summed E-state index contributed by atoms with van der Waals surface area (Å²) < 4.78 is 0. The van der Waals surface area contributed by atoms with Crippen LogP contribution in [0.15, 0.2) is 0 Å². The maximum atomic E-state index is 4.81. The minimum absolute atomic E-state index is 1.37. The summed E-state index contributed by atoms with van der Waals surface area (Å²) in [7, 11) is 93.0. The fraction of sp³-hybridized carbons (Fsp3) is 0. The highest BCUT2D eigenvalue weighted by atomic mass is 33.5. The van der Waals surface area contributed by atoms with Crippen LogP contribution < -0.4 is 0 Å². The van der Waals surface area contributed by atoms with E-state index >= 15 is 0 Å². The summed E-state index contributed by atoms with van der Waals surface area (Å²) >= 11 is 9.63. The molecule has 0 nitrogen and oxygen atoms in total. The van der Waals surface area contributed by atoms with E-state index in [-0.39, 0.29) is 0 Å². The van der Waals surface area contributed by atoms with Crippen LogP contribution in [0.5, 0.6) is 0 Å². The topological polar surface area (TPSA) is 0 Å². The van der Waals surface area contributed by atoms with Gasteiger partial charge in [-0.05, 0) is 0 Å². The van der Waals surface area contributed by atoms with Crippen LogP contribution in [0.1, 0.15) is 0 Å². The van der Waals surface area contributed by atoms with E-state index in [9.17, 15) is 0 Å². The average Bonchev–Trinajstić information content (AvgIpc) is 3.18. The van der Waals surface area contributed by atoms with E-state index in [0.717, 1.165) is 0 Å². The zero-order chi connectivity index (χ0) is 38.8. The molecule has 0 aromatic carbocycles. The minimum atomic E-state index is 1.37. The maximum Gasteiger partial charge on any atom is 0 e. The van der Waals surface area contributed by atoms with E-state index in [1.165, 1.54) is 17.8 Å². The van der Waals surface area contributed by atoms with E-state index in [1.54, 1.807) is 107 Å². The van der Waals surface area contributed by atoms with Crippen LogP contribution in [0, 0.1) is 0 Å². The third-order valence-electron chi connectivity index (χ3n) is 1.42. The molecular weight excluding hydrogens is 1730 g/mol. The largest absolute Gasteiger partial charge is 0 e. The van der Waals surface area contributed by atoms with Crippen LogP contribution in [0.25, 0.3) is 0 Å². The van der Waals surface area contributed by atoms with E-state index in [4.69, 9.17) is 22.4 Å². The van der Waals surface area contributed by atoms with Crippen LogP contribution in [0.4, 0.5) is 0 Å². The van der Waals surface area contributed by atoms with Crippen molar-refractivity contribution in [3.8, 4) is 0 Å². The fourth-order valence-electron chi connectivity index (χ4n) is 0.567. The summed E-state index contributed by atoms with van der Waals surface area (Å²) in [4.78, 5) is 0. The molecule has 0 amide bonds. The van der Waals surface area contributed by atoms with E-state index in [1.807, 2.05) is 337 Å². The number of rotatable bonds is 0. The molecule has 0 aliphatic rings. The van der Waals surface area contributed by atoms with Gasteiger partial charge in [0.25, 0.3) is 0 Å². The predicted molar refractivity (Wildman–Crippen MR) is 398 cm³/mol. The molecule has 54 heteroatoms. The molecule has 0 unspecified atom stereocenters. The van der Waals surface area contributed by atoms with Crippen LogP contribution >= 0.6 is 0 Å². The van der Waals surface area contributed by atoms with Crippen molar-refractivity contribution in [2.24, 2.45) is 0 Å². The molecule has 0 aliphatic carbocycles.